The minimum Gasteiger partial charge on any atom is -0.373 e. The van der Waals surface area contributed by atoms with Gasteiger partial charge >= 0.3 is 11.2 Å². The van der Waals surface area contributed by atoms with Crippen molar-refractivity contribution in [3.05, 3.63) is 87.6 Å². The Morgan fingerprint density at radius 1 is 1.02 bits per heavy atom. The zero-order chi connectivity index (χ0) is 37.3. The topological polar surface area (TPSA) is 162 Å². The molecule has 0 bridgehead atoms. The van der Waals surface area contributed by atoms with Gasteiger partial charge < -0.3 is 32.2 Å². The summed E-state index contributed by atoms with van der Waals surface area (Å²) < 4.78 is 44.8. The van der Waals surface area contributed by atoms with Crippen molar-refractivity contribution in [2.24, 2.45) is 22.2 Å². The molecule has 14 heteroatoms. The van der Waals surface area contributed by atoms with E-state index in [2.05, 4.69) is 47.1 Å². The first-order valence-electron chi connectivity index (χ1n) is 16.5. The number of guanidine groups is 1. The van der Waals surface area contributed by atoms with Crippen molar-refractivity contribution in [3.8, 4) is 5.69 Å². The average Bonchev–Trinajstić information content (AvgIpc) is 3.44. The van der Waals surface area contributed by atoms with Crippen molar-refractivity contribution in [1.82, 2.24) is 19.9 Å². The predicted molar refractivity (Wildman–Crippen MR) is 198 cm³/mol. The van der Waals surface area contributed by atoms with Gasteiger partial charge in [-0.2, -0.15) is 18.2 Å². The highest BCUT2D eigenvalue weighted by molar-refractivity contribution is 8.00. The van der Waals surface area contributed by atoms with Gasteiger partial charge in [-0.1, -0.05) is 59.7 Å². The second kappa shape index (κ2) is 17.4. The number of aromatic amines is 1. The van der Waals surface area contributed by atoms with E-state index < -0.39 is 5.51 Å². The van der Waals surface area contributed by atoms with Crippen LogP contribution >= 0.6 is 11.8 Å². The fourth-order valence-corrected chi connectivity index (χ4v) is 5.34. The summed E-state index contributed by atoms with van der Waals surface area (Å²) in [7, 11) is 0. The van der Waals surface area contributed by atoms with Gasteiger partial charge in [-0.3, -0.25) is 9.56 Å². The van der Waals surface area contributed by atoms with Gasteiger partial charge in [0, 0.05) is 47.2 Å². The highest BCUT2D eigenvalue weighted by Crippen LogP contribution is 2.39. The quantitative estimate of drug-likeness (QED) is 0.0499. The number of halogens is 3. The molecule has 0 aliphatic rings. The molecule has 0 fully saturated rings. The number of hydrogen-bond acceptors (Lipinski definition) is 7. The molecule has 2 heterocycles. The number of rotatable bonds is 12. The van der Waals surface area contributed by atoms with E-state index >= 15 is 0 Å². The van der Waals surface area contributed by atoms with Gasteiger partial charge in [0.25, 0.3) is 0 Å². The number of nitrogens with one attached hydrogen (secondary N) is 2. The molecule has 4 aromatic rings. The summed E-state index contributed by atoms with van der Waals surface area (Å²) in [6.45, 7) is 16.9. The van der Waals surface area contributed by atoms with E-state index in [1.54, 1.807) is 10.6 Å². The first-order chi connectivity index (χ1) is 23.2. The van der Waals surface area contributed by atoms with Crippen molar-refractivity contribution < 1.29 is 17.9 Å². The number of alkyl halides is 3. The van der Waals surface area contributed by atoms with Crippen molar-refractivity contribution in [2.75, 3.05) is 19.6 Å². The van der Waals surface area contributed by atoms with E-state index in [0.29, 0.717) is 18.7 Å². The minimum absolute atomic E-state index is 0.0352. The van der Waals surface area contributed by atoms with Crippen LogP contribution in [0.5, 0.6) is 0 Å². The molecule has 1 atom stereocenters. The number of H-pyrrole nitrogens is 1. The number of nitrogens with zero attached hydrogens (tertiary/aromatic N) is 3. The van der Waals surface area contributed by atoms with Crippen LogP contribution < -0.4 is 28.2 Å². The Kier molecular flexibility index (Phi) is 14.1. The van der Waals surface area contributed by atoms with Crippen LogP contribution in [0.4, 0.5) is 13.2 Å². The predicted octanol–water partition coefficient (Wildman–Crippen LogP) is 6.22. The lowest BCUT2D eigenvalue weighted by Crippen LogP contribution is -2.23. The number of thioether (sulfide) groups is 1. The second-order valence-corrected chi connectivity index (χ2v) is 15.3. The zero-order valence-corrected chi connectivity index (χ0v) is 30.8. The van der Waals surface area contributed by atoms with Crippen molar-refractivity contribution in [1.29, 1.82) is 0 Å². The minimum atomic E-state index is -4.29. The number of ether oxygens (including phenoxy) is 1. The van der Waals surface area contributed by atoms with E-state index in [1.165, 1.54) is 6.07 Å². The third-order valence-corrected chi connectivity index (χ3v) is 8.30. The van der Waals surface area contributed by atoms with Crippen molar-refractivity contribution >= 4 is 28.8 Å². The summed E-state index contributed by atoms with van der Waals surface area (Å²) in [5.41, 5.74) is 16.4. The fraction of sp³-hybridized carbons (Fsp3) is 0.472. The van der Waals surface area contributed by atoms with Gasteiger partial charge in [-0.05, 0) is 84.1 Å². The lowest BCUT2D eigenvalue weighted by molar-refractivity contribution is -0.0328. The summed E-state index contributed by atoms with van der Waals surface area (Å²) in [5.74, 6) is 0.123. The Bertz CT molecular complexity index is 1770. The molecule has 8 N–H and O–H groups in total. The smallest absolute Gasteiger partial charge is 0.373 e. The zero-order valence-electron chi connectivity index (χ0n) is 29.9. The Morgan fingerprint density at radius 2 is 1.70 bits per heavy atom. The van der Waals surface area contributed by atoms with Gasteiger partial charge in [0.1, 0.15) is 5.65 Å². The van der Waals surface area contributed by atoms with E-state index in [4.69, 9.17) is 21.9 Å². The van der Waals surface area contributed by atoms with Gasteiger partial charge in [0.2, 0.25) is 0 Å². The number of hydrogen-bond donors (Lipinski definition) is 5. The van der Waals surface area contributed by atoms with Crippen molar-refractivity contribution in [2.45, 2.75) is 95.4 Å². The van der Waals surface area contributed by atoms with Crippen LogP contribution in [0.25, 0.3) is 16.7 Å². The number of fused-ring (bicyclic) bond motifs is 1. The normalized spacial score (nSPS) is 12.8. The van der Waals surface area contributed by atoms with Crippen LogP contribution in [0.2, 0.25) is 0 Å². The first kappa shape index (κ1) is 40.6. The summed E-state index contributed by atoms with van der Waals surface area (Å²) in [4.78, 5) is 24.1. The van der Waals surface area contributed by atoms with Gasteiger partial charge in [0.15, 0.2) is 5.96 Å². The third-order valence-electron chi connectivity index (χ3n) is 7.60. The van der Waals surface area contributed by atoms with Gasteiger partial charge in [0.05, 0.1) is 18.4 Å². The molecule has 274 valence electrons. The molecule has 0 saturated carbocycles. The lowest BCUT2D eigenvalue weighted by atomic mass is 9.86. The molecule has 50 heavy (non-hydrogen) atoms. The lowest BCUT2D eigenvalue weighted by Gasteiger charge is -2.22. The van der Waals surface area contributed by atoms with E-state index in [9.17, 15) is 18.0 Å². The van der Waals surface area contributed by atoms with Crippen LogP contribution in [0.1, 0.15) is 77.3 Å². The summed E-state index contributed by atoms with van der Waals surface area (Å²) in [6, 6.07) is 14.9. The Morgan fingerprint density at radius 3 is 2.28 bits per heavy atom. The molecule has 2 aromatic heterocycles. The highest BCUT2D eigenvalue weighted by atomic mass is 32.2. The second-order valence-electron chi connectivity index (χ2n) is 14.2. The number of aliphatic imine (C=N–C) groups is 1. The molecular weight excluding hydrogens is 666 g/mol. The van der Waals surface area contributed by atoms with Crippen LogP contribution in [0, 0.1) is 0 Å². The van der Waals surface area contributed by atoms with Crippen molar-refractivity contribution in [3.63, 3.8) is 0 Å². The van der Waals surface area contributed by atoms with Crippen LogP contribution in [0.15, 0.2) is 69.4 Å². The largest absolute Gasteiger partial charge is 0.446 e. The molecule has 0 aliphatic carbocycles. The molecule has 4 rings (SSSR count). The fourth-order valence-electron chi connectivity index (χ4n) is 4.68. The molecule has 0 unspecified atom stereocenters. The Balaban J connectivity index is 0.000000286. The first-order valence-corrected chi connectivity index (χ1v) is 17.3. The molecule has 0 spiro atoms. The maximum atomic E-state index is 12.6. The van der Waals surface area contributed by atoms with E-state index in [-0.39, 0.29) is 51.8 Å². The molecule has 2 aromatic carbocycles. The molecule has 0 radical (unpaired) electrons. The Labute approximate surface area is 296 Å². The molecule has 0 aliphatic heterocycles. The third kappa shape index (κ3) is 13.1. The molecule has 10 nitrogen and oxygen atoms in total. The van der Waals surface area contributed by atoms with Crippen LogP contribution in [-0.4, -0.2) is 51.7 Å². The Hall–Kier alpha value is -3.85. The summed E-state index contributed by atoms with van der Waals surface area (Å²) >= 11 is -0.0951. The number of benzene rings is 2. The van der Waals surface area contributed by atoms with Gasteiger partial charge in [-0.15, -0.1) is 0 Å². The molecule has 0 saturated heterocycles. The van der Waals surface area contributed by atoms with Gasteiger partial charge in [-0.25, -0.2) is 4.79 Å². The molecule has 0 amide bonds. The number of aromatic nitrogens is 3. The molecular formula is C36H51F3N8O2S. The standard InChI is InChI=1S/C21H29N7O.C15H22F3NOS/c1-21(2,3)17-11-15-13-28(20(29)27-18(15)26-17)16-7-5-14(6-8-16)12-24-9-4-10-25-19(22)23;1-10(8-19)20-9-11-5-12(14(2,3)4)7-13(6-11)21-15(16,17)18/h5-8,11,13,24H,4,9-10,12H2,1-3H3,(H4,22,23,25)(H,26,27,29);5-7,10H,8-9,19H2,1-4H3/t;10-/m.0/s1. The van der Waals surface area contributed by atoms with Crippen LogP contribution in [0.3, 0.4) is 0 Å². The van der Waals surface area contributed by atoms with E-state index in [1.807, 2.05) is 64.2 Å². The average molecular weight is 717 g/mol. The van der Waals surface area contributed by atoms with Crippen LogP contribution in [-0.2, 0) is 28.7 Å². The maximum absolute atomic E-state index is 12.6. The summed E-state index contributed by atoms with van der Waals surface area (Å²) in [5, 5.41) is 4.27. The summed E-state index contributed by atoms with van der Waals surface area (Å²) in [6.07, 6.45) is 2.58. The number of nitrogens with two attached hydrogens (primary N) is 3. The van der Waals surface area contributed by atoms with E-state index in [0.717, 1.165) is 53.0 Å². The highest BCUT2D eigenvalue weighted by Gasteiger charge is 2.30. The SMILES string of the molecule is CC(C)(C)c1cc2cn(-c3ccc(CNCCCN=C(N)N)cc3)c(=O)nc2[nH]1.C[C@@H](CN)OCc1cc(SC(F)(F)F)cc(C(C)(C)C)c1. The monoisotopic (exact) mass is 716 g/mol. The maximum Gasteiger partial charge on any atom is 0.446 e.